The molecule has 120 valence electrons. The van der Waals surface area contributed by atoms with Crippen molar-refractivity contribution >= 4 is 35.0 Å². The topological polar surface area (TPSA) is 71.1 Å². The molecule has 0 aliphatic heterocycles. The van der Waals surface area contributed by atoms with Crippen LogP contribution in [0.1, 0.15) is 22.8 Å². The van der Waals surface area contributed by atoms with E-state index in [1.807, 2.05) is 0 Å². The molecule has 0 aliphatic rings. The Morgan fingerprint density at radius 2 is 1.87 bits per heavy atom. The number of nitrogens with one attached hydrogen (secondary N) is 2. The van der Waals surface area contributed by atoms with Crippen LogP contribution in [-0.2, 0) is 11.3 Å². The van der Waals surface area contributed by atoms with E-state index in [1.54, 1.807) is 49.6 Å². The highest BCUT2D eigenvalue weighted by molar-refractivity contribution is 6.43. The van der Waals surface area contributed by atoms with Gasteiger partial charge < -0.3 is 10.6 Å². The van der Waals surface area contributed by atoms with Gasteiger partial charge in [-0.2, -0.15) is 0 Å². The summed E-state index contributed by atoms with van der Waals surface area (Å²) in [5.41, 5.74) is 1.15. The second kappa shape index (κ2) is 7.94. The van der Waals surface area contributed by atoms with E-state index in [4.69, 9.17) is 23.2 Å². The molecule has 1 aromatic heterocycles. The lowest BCUT2D eigenvalue weighted by Gasteiger charge is -2.15. The predicted molar refractivity (Wildman–Crippen MR) is 89.5 cm³/mol. The van der Waals surface area contributed by atoms with E-state index in [-0.39, 0.29) is 21.5 Å². The van der Waals surface area contributed by atoms with E-state index >= 15 is 0 Å². The molecular formula is C16H15Cl2N3O2. The molecule has 2 N–H and O–H groups in total. The van der Waals surface area contributed by atoms with Gasteiger partial charge in [-0.1, -0.05) is 29.3 Å². The van der Waals surface area contributed by atoms with Gasteiger partial charge in [-0.15, -0.1) is 0 Å². The number of carbonyl (C=O) groups excluding carboxylic acids is 2. The number of carbonyl (C=O) groups is 2. The van der Waals surface area contributed by atoms with Gasteiger partial charge in [-0.05, 0) is 36.8 Å². The molecule has 0 aliphatic carbocycles. The second-order valence-electron chi connectivity index (χ2n) is 4.87. The van der Waals surface area contributed by atoms with Gasteiger partial charge in [0.1, 0.15) is 6.04 Å². The molecular weight excluding hydrogens is 337 g/mol. The molecule has 2 rings (SSSR count). The number of benzene rings is 1. The van der Waals surface area contributed by atoms with Crippen molar-refractivity contribution in [3.8, 4) is 0 Å². The van der Waals surface area contributed by atoms with Crippen molar-refractivity contribution in [2.24, 2.45) is 0 Å². The molecule has 23 heavy (non-hydrogen) atoms. The van der Waals surface area contributed by atoms with Crippen LogP contribution in [0, 0.1) is 0 Å². The number of nitrogens with zero attached hydrogens (tertiary/aromatic N) is 1. The Morgan fingerprint density at radius 3 is 2.57 bits per heavy atom. The van der Waals surface area contributed by atoms with Crippen molar-refractivity contribution < 1.29 is 9.59 Å². The lowest BCUT2D eigenvalue weighted by atomic mass is 10.2. The van der Waals surface area contributed by atoms with E-state index < -0.39 is 11.9 Å². The molecule has 1 aromatic carbocycles. The summed E-state index contributed by atoms with van der Waals surface area (Å²) in [6.45, 7) is 1.96. The molecule has 0 fully saturated rings. The third kappa shape index (κ3) is 4.68. The Morgan fingerprint density at radius 1 is 1.17 bits per heavy atom. The van der Waals surface area contributed by atoms with Gasteiger partial charge in [0.05, 0.1) is 15.6 Å². The first-order valence-corrected chi connectivity index (χ1v) is 7.66. The summed E-state index contributed by atoms with van der Waals surface area (Å²) in [4.78, 5) is 28.1. The van der Waals surface area contributed by atoms with E-state index in [0.29, 0.717) is 6.54 Å². The van der Waals surface area contributed by atoms with Gasteiger partial charge >= 0.3 is 0 Å². The fourth-order valence-corrected chi connectivity index (χ4v) is 2.25. The fourth-order valence-electron chi connectivity index (χ4n) is 1.86. The average Bonchev–Trinajstić information content (AvgIpc) is 2.55. The van der Waals surface area contributed by atoms with Crippen molar-refractivity contribution in [1.82, 2.24) is 15.6 Å². The van der Waals surface area contributed by atoms with Gasteiger partial charge in [0.25, 0.3) is 5.91 Å². The second-order valence-corrected chi connectivity index (χ2v) is 5.65. The van der Waals surface area contributed by atoms with Gasteiger partial charge in [0, 0.05) is 18.9 Å². The van der Waals surface area contributed by atoms with E-state index in [9.17, 15) is 9.59 Å². The van der Waals surface area contributed by atoms with E-state index in [2.05, 4.69) is 15.6 Å². The maximum absolute atomic E-state index is 12.2. The van der Waals surface area contributed by atoms with Crippen LogP contribution >= 0.6 is 23.2 Å². The Balaban J connectivity index is 1.92. The minimum absolute atomic E-state index is 0.163. The smallest absolute Gasteiger partial charge is 0.253 e. The molecule has 7 heteroatoms. The lowest BCUT2D eigenvalue weighted by molar-refractivity contribution is -0.122. The molecule has 2 aromatic rings. The Hall–Kier alpha value is -2.11. The largest absolute Gasteiger partial charge is 0.350 e. The highest BCUT2D eigenvalue weighted by Crippen LogP contribution is 2.25. The maximum Gasteiger partial charge on any atom is 0.253 e. The van der Waals surface area contributed by atoms with Crippen LogP contribution in [0.5, 0.6) is 0 Å². The quantitative estimate of drug-likeness (QED) is 0.869. The zero-order valence-corrected chi connectivity index (χ0v) is 13.9. The minimum atomic E-state index is -0.709. The third-order valence-electron chi connectivity index (χ3n) is 3.15. The fraction of sp³-hybridized carbons (Fsp3) is 0.188. The van der Waals surface area contributed by atoms with Crippen molar-refractivity contribution in [2.45, 2.75) is 19.5 Å². The number of rotatable bonds is 5. The normalized spacial score (nSPS) is 11.6. The van der Waals surface area contributed by atoms with Crippen LogP contribution in [0.15, 0.2) is 42.7 Å². The average molecular weight is 352 g/mol. The predicted octanol–water partition coefficient (Wildman–Crippen LogP) is 2.82. The summed E-state index contributed by atoms with van der Waals surface area (Å²) < 4.78 is 0. The maximum atomic E-state index is 12.2. The number of hydrogen-bond donors (Lipinski definition) is 2. The first-order valence-electron chi connectivity index (χ1n) is 6.90. The number of pyridine rings is 1. The molecule has 1 heterocycles. The molecule has 1 unspecified atom stereocenters. The summed E-state index contributed by atoms with van der Waals surface area (Å²) in [6.07, 6.45) is 3.29. The Bertz CT molecular complexity index is 708. The molecule has 0 bridgehead atoms. The van der Waals surface area contributed by atoms with Gasteiger partial charge in [0.15, 0.2) is 0 Å². The molecule has 0 spiro atoms. The first-order chi connectivity index (χ1) is 11.0. The summed E-state index contributed by atoms with van der Waals surface area (Å²) in [6, 6.07) is 7.65. The summed E-state index contributed by atoms with van der Waals surface area (Å²) in [5.74, 6) is -0.752. The van der Waals surface area contributed by atoms with Crippen LogP contribution < -0.4 is 10.6 Å². The van der Waals surface area contributed by atoms with Crippen molar-refractivity contribution in [3.05, 3.63) is 63.9 Å². The van der Waals surface area contributed by atoms with Crippen molar-refractivity contribution in [1.29, 1.82) is 0 Å². The van der Waals surface area contributed by atoms with Crippen molar-refractivity contribution in [3.63, 3.8) is 0 Å². The van der Waals surface area contributed by atoms with Crippen LogP contribution in [0.4, 0.5) is 0 Å². The number of halogens is 2. The van der Waals surface area contributed by atoms with Crippen LogP contribution in [0.3, 0.4) is 0 Å². The monoisotopic (exact) mass is 351 g/mol. The molecule has 0 radical (unpaired) electrons. The molecule has 0 saturated heterocycles. The molecule has 5 nitrogen and oxygen atoms in total. The first kappa shape index (κ1) is 17.2. The van der Waals surface area contributed by atoms with Gasteiger partial charge in [0.2, 0.25) is 5.91 Å². The number of aromatic nitrogens is 1. The lowest BCUT2D eigenvalue weighted by Crippen LogP contribution is -2.44. The van der Waals surface area contributed by atoms with Crippen molar-refractivity contribution in [2.75, 3.05) is 0 Å². The number of hydrogen-bond acceptors (Lipinski definition) is 3. The molecule has 0 saturated carbocycles. The van der Waals surface area contributed by atoms with Gasteiger partial charge in [-0.3, -0.25) is 14.6 Å². The van der Waals surface area contributed by atoms with E-state index in [1.165, 1.54) is 0 Å². The Labute approximate surface area is 144 Å². The minimum Gasteiger partial charge on any atom is -0.350 e. The molecule has 1 atom stereocenters. The summed E-state index contributed by atoms with van der Waals surface area (Å²) in [7, 11) is 0. The zero-order chi connectivity index (χ0) is 16.8. The highest BCUT2D eigenvalue weighted by Gasteiger charge is 2.18. The SMILES string of the molecule is CC(NC(=O)c1cccc(Cl)c1Cl)C(=O)NCc1ccncc1. The third-order valence-corrected chi connectivity index (χ3v) is 3.97. The zero-order valence-electron chi connectivity index (χ0n) is 12.3. The Kier molecular flexibility index (Phi) is 5.96. The van der Waals surface area contributed by atoms with E-state index in [0.717, 1.165) is 5.56 Å². The highest BCUT2D eigenvalue weighted by atomic mass is 35.5. The van der Waals surface area contributed by atoms with Crippen LogP contribution in [0.25, 0.3) is 0 Å². The van der Waals surface area contributed by atoms with Gasteiger partial charge in [-0.25, -0.2) is 0 Å². The summed E-state index contributed by atoms with van der Waals surface area (Å²) in [5, 5.41) is 5.78. The summed E-state index contributed by atoms with van der Waals surface area (Å²) >= 11 is 11.9. The standard InChI is InChI=1S/C16H15Cl2N3O2/c1-10(15(22)20-9-11-5-7-19-8-6-11)21-16(23)12-3-2-4-13(17)14(12)18/h2-8,10H,9H2,1H3,(H,20,22)(H,21,23). The molecule has 2 amide bonds. The van der Waals surface area contributed by atoms with Crippen LogP contribution in [-0.4, -0.2) is 22.8 Å². The van der Waals surface area contributed by atoms with Crippen LogP contribution in [0.2, 0.25) is 10.0 Å². The number of amides is 2.